The molecule has 4 rings (SSSR count). The standard InChI is InChI=1S/C19H20N4O3S3/c1-4-22-14-8-6-12(3)10-16(14)27-18(22)20-21-19-23(5-2)15-9-7-13(29(24,25)26)11-17(15)28-19/h6-11H,4-5H2,1-3H3,(H,24,25,26)/b20-18-,21-19+. The lowest BCUT2D eigenvalue weighted by atomic mass is 10.2. The van der Waals surface area contributed by atoms with Crippen molar-refractivity contribution in [2.24, 2.45) is 10.2 Å². The second-order valence-electron chi connectivity index (χ2n) is 6.53. The van der Waals surface area contributed by atoms with Crippen LogP contribution in [0.2, 0.25) is 0 Å². The molecule has 10 heteroatoms. The van der Waals surface area contributed by atoms with E-state index in [1.807, 2.05) is 11.5 Å². The van der Waals surface area contributed by atoms with Crippen molar-refractivity contribution in [2.75, 3.05) is 0 Å². The van der Waals surface area contributed by atoms with Gasteiger partial charge in [-0.15, -0.1) is 10.2 Å². The molecule has 1 N–H and O–H groups in total. The van der Waals surface area contributed by atoms with Gasteiger partial charge in [-0.1, -0.05) is 28.7 Å². The minimum atomic E-state index is -4.25. The average molecular weight is 449 g/mol. The van der Waals surface area contributed by atoms with E-state index in [-0.39, 0.29) is 4.90 Å². The van der Waals surface area contributed by atoms with Gasteiger partial charge in [-0.05, 0) is 56.7 Å². The zero-order valence-electron chi connectivity index (χ0n) is 16.2. The van der Waals surface area contributed by atoms with Crippen molar-refractivity contribution in [1.82, 2.24) is 9.13 Å². The first-order valence-electron chi connectivity index (χ1n) is 9.10. The largest absolute Gasteiger partial charge is 0.315 e. The molecule has 0 fully saturated rings. The van der Waals surface area contributed by atoms with Crippen LogP contribution in [0.25, 0.3) is 20.4 Å². The molecule has 0 atom stereocenters. The van der Waals surface area contributed by atoms with Crippen LogP contribution in [0.3, 0.4) is 0 Å². The molecular weight excluding hydrogens is 428 g/mol. The predicted molar refractivity (Wildman–Crippen MR) is 117 cm³/mol. The maximum atomic E-state index is 11.4. The Balaban J connectivity index is 1.94. The minimum Gasteiger partial charge on any atom is -0.315 e. The van der Waals surface area contributed by atoms with Crippen LogP contribution < -0.4 is 9.60 Å². The molecule has 152 valence electrons. The number of nitrogens with zero attached hydrogens (tertiary/aromatic N) is 4. The molecule has 2 aromatic heterocycles. The maximum Gasteiger partial charge on any atom is 0.294 e. The van der Waals surface area contributed by atoms with Crippen LogP contribution in [0.4, 0.5) is 0 Å². The van der Waals surface area contributed by atoms with Crippen LogP contribution in [0, 0.1) is 6.92 Å². The molecule has 0 radical (unpaired) electrons. The van der Waals surface area contributed by atoms with Gasteiger partial charge in [0, 0.05) is 13.1 Å². The number of thiazole rings is 2. The third kappa shape index (κ3) is 3.68. The quantitative estimate of drug-likeness (QED) is 0.381. The van der Waals surface area contributed by atoms with E-state index in [9.17, 15) is 13.0 Å². The lowest BCUT2D eigenvalue weighted by Gasteiger charge is -2.01. The van der Waals surface area contributed by atoms with Gasteiger partial charge in [-0.3, -0.25) is 4.55 Å². The third-order valence-electron chi connectivity index (χ3n) is 4.64. The van der Waals surface area contributed by atoms with Gasteiger partial charge in [0.1, 0.15) is 0 Å². The molecule has 7 nitrogen and oxygen atoms in total. The van der Waals surface area contributed by atoms with Crippen LogP contribution in [0.15, 0.2) is 51.5 Å². The molecule has 0 saturated carbocycles. The summed E-state index contributed by atoms with van der Waals surface area (Å²) < 4.78 is 38.2. The van der Waals surface area contributed by atoms with Gasteiger partial charge in [0.05, 0.1) is 25.3 Å². The first-order chi connectivity index (χ1) is 13.8. The molecule has 4 aromatic rings. The Labute approximate surface area is 175 Å². The maximum absolute atomic E-state index is 11.4. The predicted octanol–water partition coefficient (Wildman–Crippen LogP) is 3.73. The molecule has 0 aliphatic carbocycles. The molecule has 29 heavy (non-hydrogen) atoms. The van der Waals surface area contributed by atoms with Crippen LogP contribution in [-0.2, 0) is 23.2 Å². The van der Waals surface area contributed by atoms with Gasteiger partial charge in [-0.25, -0.2) is 0 Å². The van der Waals surface area contributed by atoms with Crippen LogP contribution in [0.5, 0.6) is 0 Å². The second-order valence-corrected chi connectivity index (χ2v) is 9.97. The second kappa shape index (κ2) is 7.52. The third-order valence-corrected chi connectivity index (χ3v) is 7.56. The lowest BCUT2D eigenvalue weighted by Crippen LogP contribution is -2.16. The van der Waals surface area contributed by atoms with Gasteiger partial charge in [0.15, 0.2) is 0 Å². The zero-order chi connectivity index (χ0) is 20.8. The Morgan fingerprint density at radius 2 is 1.41 bits per heavy atom. The molecule has 2 aromatic carbocycles. The first kappa shape index (κ1) is 20.0. The molecule has 0 aliphatic rings. The fraction of sp³-hybridized carbons (Fsp3) is 0.263. The van der Waals surface area contributed by atoms with Crippen molar-refractivity contribution in [3.8, 4) is 0 Å². The number of benzene rings is 2. The van der Waals surface area contributed by atoms with E-state index in [4.69, 9.17) is 0 Å². The Morgan fingerprint density at radius 1 is 0.897 bits per heavy atom. The summed E-state index contributed by atoms with van der Waals surface area (Å²) in [5.74, 6) is 0. The van der Waals surface area contributed by atoms with Crippen molar-refractivity contribution in [2.45, 2.75) is 38.8 Å². The van der Waals surface area contributed by atoms with Gasteiger partial charge in [0.2, 0.25) is 9.60 Å². The number of aromatic nitrogens is 2. The summed E-state index contributed by atoms with van der Waals surface area (Å²) in [6.07, 6.45) is 0. The Morgan fingerprint density at radius 3 is 1.93 bits per heavy atom. The molecule has 0 amide bonds. The number of aryl methyl sites for hydroxylation is 3. The smallest absolute Gasteiger partial charge is 0.294 e. The van der Waals surface area contributed by atoms with E-state index in [0.717, 1.165) is 27.1 Å². The highest BCUT2D eigenvalue weighted by atomic mass is 32.2. The molecule has 0 spiro atoms. The number of hydrogen-bond donors (Lipinski definition) is 1. The topological polar surface area (TPSA) is 88.9 Å². The summed E-state index contributed by atoms with van der Waals surface area (Å²) >= 11 is 2.94. The average Bonchev–Trinajstić information content (AvgIpc) is 3.21. The van der Waals surface area contributed by atoms with Crippen LogP contribution in [-0.4, -0.2) is 22.1 Å². The molecule has 0 unspecified atom stereocenters. The summed E-state index contributed by atoms with van der Waals surface area (Å²) in [5.41, 5.74) is 3.19. The van der Waals surface area contributed by atoms with Crippen LogP contribution >= 0.6 is 22.7 Å². The van der Waals surface area contributed by atoms with Crippen molar-refractivity contribution in [1.29, 1.82) is 0 Å². The Bertz CT molecular complexity index is 1470. The van der Waals surface area contributed by atoms with E-state index >= 15 is 0 Å². The zero-order valence-corrected chi connectivity index (χ0v) is 18.6. The first-order valence-corrected chi connectivity index (χ1v) is 12.2. The van der Waals surface area contributed by atoms with E-state index < -0.39 is 10.1 Å². The van der Waals surface area contributed by atoms with E-state index in [1.165, 1.54) is 33.7 Å². The lowest BCUT2D eigenvalue weighted by molar-refractivity contribution is 0.483. The van der Waals surface area contributed by atoms with E-state index in [0.29, 0.717) is 11.3 Å². The number of hydrogen-bond acceptors (Lipinski definition) is 6. The van der Waals surface area contributed by atoms with E-state index in [1.54, 1.807) is 17.4 Å². The van der Waals surface area contributed by atoms with Crippen molar-refractivity contribution in [3.63, 3.8) is 0 Å². The van der Waals surface area contributed by atoms with Gasteiger partial charge < -0.3 is 9.13 Å². The number of fused-ring (bicyclic) bond motifs is 2. The van der Waals surface area contributed by atoms with Crippen molar-refractivity contribution < 1.29 is 13.0 Å². The summed E-state index contributed by atoms with van der Waals surface area (Å²) in [4.78, 5) is 1.36. The van der Waals surface area contributed by atoms with Gasteiger partial charge in [0.25, 0.3) is 10.1 Å². The van der Waals surface area contributed by atoms with Gasteiger partial charge >= 0.3 is 0 Å². The Hall–Kier alpha value is -2.27. The summed E-state index contributed by atoms with van der Waals surface area (Å²) in [6, 6.07) is 10.9. The normalized spacial score (nSPS) is 13.8. The molecule has 2 heterocycles. The molecule has 0 aliphatic heterocycles. The molecule has 0 saturated heterocycles. The van der Waals surface area contributed by atoms with Gasteiger partial charge in [-0.2, -0.15) is 8.42 Å². The van der Waals surface area contributed by atoms with E-state index in [2.05, 4.69) is 46.8 Å². The number of rotatable bonds is 4. The highest BCUT2D eigenvalue weighted by Crippen LogP contribution is 2.22. The highest BCUT2D eigenvalue weighted by molar-refractivity contribution is 7.85. The summed E-state index contributed by atoms with van der Waals surface area (Å²) in [5, 5.41) is 9.00. The van der Waals surface area contributed by atoms with Crippen molar-refractivity contribution >= 4 is 53.2 Å². The summed E-state index contributed by atoms with van der Waals surface area (Å²) in [6.45, 7) is 7.59. The fourth-order valence-electron chi connectivity index (χ4n) is 3.24. The highest BCUT2D eigenvalue weighted by Gasteiger charge is 2.13. The minimum absolute atomic E-state index is 0.123. The van der Waals surface area contributed by atoms with Crippen LogP contribution in [0.1, 0.15) is 19.4 Å². The fourth-order valence-corrected chi connectivity index (χ4v) is 6.05. The molecule has 0 bridgehead atoms. The SMILES string of the molecule is CCn1/c(=N/N=c2/sc3cc(S(=O)(=O)O)ccc3n2CC)sc2cc(C)ccc21. The monoisotopic (exact) mass is 448 g/mol. The Kier molecular flexibility index (Phi) is 5.19. The summed E-state index contributed by atoms with van der Waals surface area (Å²) in [7, 11) is -4.25. The molecular formula is C19H20N4O3S3. The van der Waals surface area contributed by atoms with Crippen molar-refractivity contribution in [3.05, 3.63) is 51.6 Å².